The SMILES string of the molecule is COc1ccc(OC)c(-c2cnc(-c3cccc(CNC(=O)c4ccc(C(F)(F)F)c(F)c4)c3)[nH]2)c1. The van der Waals surface area contributed by atoms with Crippen molar-refractivity contribution in [2.24, 2.45) is 0 Å². The predicted molar refractivity (Wildman–Crippen MR) is 125 cm³/mol. The van der Waals surface area contributed by atoms with Crippen LogP contribution in [0.3, 0.4) is 0 Å². The van der Waals surface area contributed by atoms with E-state index >= 15 is 0 Å². The predicted octanol–water partition coefficient (Wildman–Crippen LogP) is 5.85. The molecule has 0 fully saturated rings. The van der Waals surface area contributed by atoms with Crippen molar-refractivity contribution in [3.05, 3.63) is 89.4 Å². The molecule has 10 heteroatoms. The Labute approximate surface area is 203 Å². The smallest absolute Gasteiger partial charge is 0.419 e. The zero-order valence-corrected chi connectivity index (χ0v) is 19.2. The Hall–Kier alpha value is -4.34. The van der Waals surface area contributed by atoms with Crippen molar-refractivity contribution in [2.75, 3.05) is 14.2 Å². The molecule has 0 saturated carbocycles. The molecule has 0 aliphatic rings. The molecule has 36 heavy (non-hydrogen) atoms. The maximum absolute atomic E-state index is 13.8. The van der Waals surface area contributed by atoms with E-state index < -0.39 is 23.5 Å². The van der Waals surface area contributed by atoms with Gasteiger partial charge in [-0.15, -0.1) is 0 Å². The summed E-state index contributed by atoms with van der Waals surface area (Å²) in [6.45, 7) is 0.0760. The van der Waals surface area contributed by atoms with E-state index in [1.165, 1.54) is 0 Å². The molecular weight excluding hydrogens is 478 g/mol. The summed E-state index contributed by atoms with van der Waals surface area (Å²) in [6, 6.07) is 14.7. The third kappa shape index (κ3) is 5.32. The Kier molecular flexibility index (Phi) is 6.96. The number of alkyl halides is 3. The topological polar surface area (TPSA) is 76.2 Å². The molecule has 0 radical (unpaired) electrons. The number of ether oxygens (including phenoxy) is 2. The van der Waals surface area contributed by atoms with Gasteiger partial charge in [-0.3, -0.25) is 4.79 Å². The number of carbonyl (C=O) groups is 1. The first kappa shape index (κ1) is 24.8. The number of amides is 1. The highest BCUT2D eigenvalue weighted by molar-refractivity contribution is 5.94. The van der Waals surface area contributed by atoms with Crippen LogP contribution >= 0.6 is 0 Å². The van der Waals surface area contributed by atoms with Gasteiger partial charge in [0, 0.05) is 23.2 Å². The quantitative estimate of drug-likeness (QED) is 0.313. The van der Waals surface area contributed by atoms with Crippen molar-refractivity contribution in [2.45, 2.75) is 12.7 Å². The number of rotatable bonds is 7. The maximum Gasteiger partial charge on any atom is 0.419 e. The van der Waals surface area contributed by atoms with Gasteiger partial charge in [0.15, 0.2) is 0 Å². The van der Waals surface area contributed by atoms with E-state index in [1.54, 1.807) is 50.7 Å². The molecule has 0 bridgehead atoms. The standard InChI is InChI=1S/C26H21F4N3O3/c1-35-18-7-9-23(36-2)19(12-18)22-14-31-24(33-22)16-5-3-4-15(10-16)13-32-25(34)17-6-8-20(21(27)11-17)26(28,29)30/h3-12,14H,13H2,1-2H3,(H,31,33)(H,32,34). The van der Waals surface area contributed by atoms with Crippen LogP contribution in [-0.4, -0.2) is 30.1 Å². The average Bonchev–Trinajstić information content (AvgIpc) is 3.36. The van der Waals surface area contributed by atoms with Crippen LogP contribution in [0.5, 0.6) is 11.5 Å². The van der Waals surface area contributed by atoms with E-state index in [1.807, 2.05) is 12.1 Å². The first-order valence-corrected chi connectivity index (χ1v) is 10.7. The van der Waals surface area contributed by atoms with Crippen LogP contribution in [0.15, 0.2) is 66.9 Å². The van der Waals surface area contributed by atoms with E-state index in [0.29, 0.717) is 40.7 Å². The lowest BCUT2D eigenvalue weighted by molar-refractivity contribution is -0.140. The second-order valence-electron chi connectivity index (χ2n) is 7.79. The Bertz CT molecular complexity index is 1400. The molecule has 0 unspecified atom stereocenters. The van der Waals surface area contributed by atoms with E-state index in [2.05, 4.69) is 15.3 Å². The fourth-order valence-electron chi connectivity index (χ4n) is 3.63. The summed E-state index contributed by atoms with van der Waals surface area (Å²) in [5, 5.41) is 2.59. The Balaban J connectivity index is 1.49. The van der Waals surface area contributed by atoms with Gasteiger partial charge in [0.05, 0.1) is 31.7 Å². The number of H-pyrrole nitrogens is 1. The fourth-order valence-corrected chi connectivity index (χ4v) is 3.63. The largest absolute Gasteiger partial charge is 0.497 e. The molecule has 186 valence electrons. The number of aromatic amines is 1. The van der Waals surface area contributed by atoms with Gasteiger partial charge in [0.2, 0.25) is 0 Å². The average molecular weight is 499 g/mol. The summed E-state index contributed by atoms with van der Waals surface area (Å²) >= 11 is 0. The molecule has 2 N–H and O–H groups in total. The van der Waals surface area contributed by atoms with Crippen molar-refractivity contribution in [1.82, 2.24) is 15.3 Å². The van der Waals surface area contributed by atoms with Crippen LogP contribution in [-0.2, 0) is 12.7 Å². The van der Waals surface area contributed by atoms with Crippen LogP contribution in [0.1, 0.15) is 21.5 Å². The zero-order valence-electron chi connectivity index (χ0n) is 19.2. The van der Waals surface area contributed by atoms with Crippen molar-refractivity contribution in [3.8, 4) is 34.1 Å². The molecule has 0 atom stereocenters. The molecule has 1 amide bonds. The number of methoxy groups -OCH3 is 2. The molecule has 4 rings (SSSR count). The van der Waals surface area contributed by atoms with Gasteiger partial charge in [-0.25, -0.2) is 9.37 Å². The number of carbonyl (C=O) groups excluding carboxylic acids is 1. The first-order valence-electron chi connectivity index (χ1n) is 10.7. The lowest BCUT2D eigenvalue weighted by Gasteiger charge is -2.10. The van der Waals surface area contributed by atoms with Gasteiger partial charge in [-0.1, -0.05) is 18.2 Å². The summed E-state index contributed by atoms with van der Waals surface area (Å²) in [5.74, 6) is -0.320. The lowest BCUT2D eigenvalue weighted by Crippen LogP contribution is -2.23. The minimum atomic E-state index is -4.83. The van der Waals surface area contributed by atoms with Crippen LogP contribution in [0, 0.1) is 5.82 Å². The highest BCUT2D eigenvalue weighted by atomic mass is 19.4. The zero-order chi connectivity index (χ0) is 25.9. The second-order valence-corrected chi connectivity index (χ2v) is 7.79. The normalized spacial score (nSPS) is 11.3. The fraction of sp³-hybridized carbons (Fsp3) is 0.154. The molecule has 0 aliphatic carbocycles. The molecule has 1 aromatic heterocycles. The van der Waals surface area contributed by atoms with Crippen LogP contribution in [0.2, 0.25) is 0 Å². The molecule has 0 aliphatic heterocycles. The Morgan fingerprint density at radius 1 is 1.03 bits per heavy atom. The molecule has 3 aromatic carbocycles. The molecule has 0 saturated heterocycles. The lowest BCUT2D eigenvalue weighted by atomic mass is 10.1. The van der Waals surface area contributed by atoms with Gasteiger partial charge < -0.3 is 19.8 Å². The molecule has 0 spiro atoms. The molecule has 6 nitrogen and oxygen atoms in total. The summed E-state index contributed by atoms with van der Waals surface area (Å²) < 4.78 is 62.7. The summed E-state index contributed by atoms with van der Waals surface area (Å²) in [5.41, 5.74) is 1.31. The number of hydrogen-bond donors (Lipinski definition) is 2. The van der Waals surface area contributed by atoms with Gasteiger partial charge >= 0.3 is 6.18 Å². The van der Waals surface area contributed by atoms with Crippen LogP contribution < -0.4 is 14.8 Å². The monoisotopic (exact) mass is 499 g/mol. The summed E-state index contributed by atoms with van der Waals surface area (Å²) in [4.78, 5) is 20.0. The molecular formula is C26H21F4N3O3. The van der Waals surface area contributed by atoms with Gasteiger partial charge in [0.25, 0.3) is 5.91 Å². The Morgan fingerprint density at radius 3 is 2.53 bits per heavy atom. The number of nitrogens with one attached hydrogen (secondary N) is 2. The highest BCUT2D eigenvalue weighted by Crippen LogP contribution is 2.34. The number of hydrogen-bond acceptors (Lipinski definition) is 4. The van der Waals surface area contributed by atoms with Gasteiger partial charge in [0.1, 0.15) is 23.1 Å². The number of nitrogens with zero attached hydrogens (tertiary/aromatic N) is 1. The number of aromatic nitrogens is 2. The van der Waals surface area contributed by atoms with E-state index in [-0.39, 0.29) is 12.1 Å². The van der Waals surface area contributed by atoms with Crippen molar-refractivity contribution in [3.63, 3.8) is 0 Å². The highest BCUT2D eigenvalue weighted by Gasteiger charge is 2.34. The van der Waals surface area contributed by atoms with Crippen molar-refractivity contribution >= 4 is 5.91 Å². The molecule has 1 heterocycles. The third-order valence-electron chi connectivity index (χ3n) is 5.46. The van der Waals surface area contributed by atoms with Gasteiger partial charge in [-0.05, 0) is 48.0 Å². The van der Waals surface area contributed by atoms with Crippen LogP contribution in [0.4, 0.5) is 17.6 Å². The number of halogens is 4. The first-order chi connectivity index (χ1) is 17.2. The number of benzene rings is 3. The molecule has 4 aromatic rings. The Morgan fingerprint density at radius 2 is 1.83 bits per heavy atom. The van der Waals surface area contributed by atoms with Gasteiger partial charge in [-0.2, -0.15) is 13.2 Å². The van der Waals surface area contributed by atoms with Crippen LogP contribution in [0.25, 0.3) is 22.6 Å². The minimum Gasteiger partial charge on any atom is -0.497 e. The van der Waals surface area contributed by atoms with E-state index in [0.717, 1.165) is 17.2 Å². The third-order valence-corrected chi connectivity index (χ3v) is 5.46. The van der Waals surface area contributed by atoms with E-state index in [4.69, 9.17) is 9.47 Å². The minimum absolute atomic E-state index is 0.0760. The summed E-state index contributed by atoms with van der Waals surface area (Å²) in [7, 11) is 3.14. The van der Waals surface area contributed by atoms with Crippen molar-refractivity contribution in [1.29, 1.82) is 0 Å². The maximum atomic E-state index is 13.8. The van der Waals surface area contributed by atoms with E-state index in [9.17, 15) is 22.4 Å². The second kappa shape index (κ2) is 10.1. The number of imidazole rings is 1. The summed E-state index contributed by atoms with van der Waals surface area (Å²) in [6.07, 6.45) is -3.16. The van der Waals surface area contributed by atoms with Crippen molar-refractivity contribution < 1.29 is 31.8 Å².